The van der Waals surface area contributed by atoms with Gasteiger partial charge in [0.05, 0.1) is 6.07 Å². The van der Waals surface area contributed by atoms with Gasteiger partial charge in [0.25, 0.3) is 0 Å². The van der Waals surface area contributed by atoms with Gasteiger partial charge in [0, 0.05) is 11.3 Å². The summed E-state index contributed by atoms with van der Waals surface area (Å²) in [5.74, 6) is 0. The molecule has 1 N–H and O–H groups in total. The van der Waals surface area contributed by atoms with Gasteiger partial charge in [-0.25, -0.2) is 0 Å². The molecule has 0 bridgehead atoms. The molecule has 2 heteroatoms. The standard InChI is InChI=1S/C9H14N2/c1-4-8(7-10)9(5-2)11-6-3/h6,11H,3-5H2,1-2H3/b9-8-. The first-order chi connectivity index (χ1) is 5.29. The molecule has 0 saturated heterocycles. The highest BCUT2D eigenvalue weighted by Crippen LogP contribution is 2.07. The Kier molecular flexibility index (Phi) is 4.93. The van der Waals surface area contributed by atoms with Gasteiger partial charge < -0.3 is 5.32 Å². The van der Waals surface area contributed by atoms with Crippen LogP contribution in [0.4, 0.5) is 0 Å². The van der Waals surface area contributed by atoms with Crippen molar-refractivity contribution in [1.82, 2.24) is 5.32 Å². The molecule has 0 atom stereocenters. The van der Waals surface area contributed by atoms with E-state index in [1.165, 1.54) is 0 Å². The van der Waals surface area contributed by atoms with Crippen LogP contribution in [0.15, 0.2) is 24.0 Å². The molecule has 2 nitrogen and oxygen atoms in total. The van der Waals surface area contributed by atoms with Gasteiger partial charge in [-0.05, 0) is 19.0 Å². The van der Waals surface area contributed by atoms with Crippen molar-refractivity contribution >= 4 is 0 Å². The van der Waals surface area contributed by atoms with Gasteiger partial charge >= 0.3 is 0 Å². The van der Waals surface area contributed by atoms with E-state index in [9.17, 15) is 0 Å². The highest BCUT2D eigenvalue weighted by atomic mass is 14.8. The summed E-state index contributed by atoms with van der Waals surface area (Å²) in [5, 5.41) is 11.6. The quantitative estimate of drug-likeness (QED) is 0.624. The number of allylic oxidation sites excluding steroid dienone is 2. The number of nitriles is 1. The molecule has 11 heavy (non-hydrogen) atoms. The van der Waals surface area contributed by atoms with E-state index in [4.69, 9.17) is 5.26 Å². The number of hydrogen-bond donors (Lipinski definition) is 1. The number of rotatable bonds is 4. The lowest BCUT2D eigenvalue weighted by Crippen LogP contribution is -2.05. The van der Waals surface area contributed by atoms with Crippen LogP contribution in [0.25, 0.3) is 0 Å². The Balaban J connectivity index is 4.50. The number of nitrogens with one attached hydrogen (secondary N) is 1. The minimum atomic E-state index is 0.778. The summed E-state index contributed by atoms with van der Waals surface area (Å²) >= 11 is 0. The Hall–Kier alpha value is -1.23. The summed E-state index contributed by atoms with van der Waals surface area (Å²) in [6.45, 7) is 7.53. The van der Waals surface area contributed by atoms with E-state index in [2.05, 4.69) is 18.0 Å². The number of nitrogens with zero attached hydrogens (tertiary/aromatic N) is 1. The summed E-state index contributed by atoms with van der Waals surface area (Å²) in [4.78, 5) is 0. The van der Waals surface area contributed by atoms with E-state index in [1.54, 1.807) is 6.20 Å². The van der Waals surface area contributed by atoms with Crippen molar-refractivity contribution in [2.24, 2.45) is 0 Å². The van der Waals surface area contributed by atoms with Gasteiger partial charge in [0.2, 0.25) is 0 Å². The molecule has 0 radical (unpaired) electrons. The van der Waals surface area contributed by atoms with Crippen molar-refractivity contribution in [3.8, 4) is 6.07 Å². The van der Waals surface area contributed by atoms with Crippen molar-refractivity contribution in [1.29, 1.82) is 5.26 Å². The molecule has 0 aromatic carbocycles. The second-order valence-electron chi connectivity index (χ2n) is 2.12. The van der Waals surface area contributed by atoms with Crippen molar-refractivity contribution in [2.45, 2.75) is 26.7 Å². The summed E-state index contributed by atoms with van der Waals surface area (Å²) < 4.78 is 0. The maximum Gasteiger partial charge on any atom is 0.0965 e. The van der Waals surface area contributed by atoms with E-state index >= 15 is 0 Å². The Bertz CT molecular complexity index is 196. The highest BCUT2D eigenvalue weighted by molar-refractivity contribution is 5.26. The summed E-state index contributed by atoms with van der Waals surface area (Å²) in [7, 11) is 0. The monoisotopic (exact) mass is 150 g/mol. The fraction of sp³-hybridized carbons (Fsp3) is 0.444. The first kappa shape index (κ1) is 9.77. The van der Waals surface area contributed by atoms with E-state index in [0.717, 1.165) is 24.1 Å². The van der Waals surface area contributed by atoms with Crippen molar-refractivity contribution in [3.63, 3.8) is 0 Å². The third kappa shape index (κ3) is 2.90. The van der Waals surface area contributed by atoms with Gasteiger partial charge in [-0.2, -0.15) is 5.26 Å². The molecule has 0 fully saturated rings. The Labute approximate surface area is 68.2 Å². The van der Waals surface area contributed by atoms with Crippen LogP contribution < -0.4 is 5.32 Å². The Morgan fingerprint density at radius 2 is 2.18 bits per heavy atom. The van der Waals surface area contributed by atoms with Crippen LogP contribution in [0.3, 0.4) is 0 Å². The van der Waals surface area contributed by atoms with Crippen LogP contribution in [-0.2, 0) is 0 Å². The SMILES string of the molecule is C=CN/C(CC)=C(\C#N)CC. The topological polar surface area (TPSA) is 35.8 Å². The van der Waals surface area contributed by atoms with Gasteiger partial charge in [0.1, 0.15) is 0 Å². The molecule has 0 amide bonds. The summed E-state index contributed by atoms with van der Waals surface area (Å²) in [6.07, 6.45) is 3.23. The molecule has 0 heterocycles. The van der Waals surface area contributed by atoms with Crippen molar-refractivity contribution in [2.75, 3.05) is 0 Å². The maximum atomic E-state index is 8.67. The molecular formula is C9H14N2. The normalized spacial score (nSPS) is 11.4. The summed E-state index contributed by atoms with van der Waals surface area (Å²) in [5.41, 5.74) is 1.79. The fourth-order valence-corrected chi connectivity index (χ4v) is 0.886. The first-order valence-corrected chi connectivity index (χ1v) is 3.79. The molecule has 0 aromatic heterocycles. The average Bonchev–Trinajstić information content (AvgIpc) is 2.05. The zero-order chi connectivity index (χ0) is 8.69. The van der Waals surface area contributed by atoms with Crippen molar-refractivity contribution in [3.05, 3.63) is 24.0 Å². The average molecular weight is 150 g/mol. The van der Waals surface area contributed by atoms with Gasteiger partial charge in [0.15, 0.2) is 0 Å². The van der Waals surface area contributed by atoms with E-state index in [-0.39, 0.29) is 0 Å². The van der Waals surface area contributed by atoms with E-state index in [0.29, 0.717) is 0 Å². The lowest BCUT2D eigenvalue weighted by atomic mass is 10.1. The number of hydrogen-bond acceptors (Lipinski definition) is 2. The van der Waals surface area contributed by atoms with Gasteiger partial charge in [-0.15, -0.1) is 0 Å². The Morgan fingerprint density at radius 3 is 2.45 bits per heavy atom. The maximum absolute atomic E-state index is 8.67. The molecule has 0 aliphatic carbocycles. The lowest BCUT2D eigenvalue weighted by molar-refractivity contribution is 0.904. The molecule has 0 rings (SSSR count). The molecule has 0 unspecified atom stereocenters. The van der Waals surface area contributed by atoms with Crippen LogP contribution in [0.1, 0.15) is 26.7 Å². The minimum absolute atomic E-state index is 0.778. The summed E-state index contributed by atoms with van der Waals surface area (Å²) in [6, 6.07) is 2.16. The van der Waals surface area contributed by atoms with E-state index in [1.807, 2.05) is 13.8 Å². The fourth-order valence-electron chi connectivity index (χ4n) is 0.886. The molecule has 0 aliphatic heterocycles. The zero-order valence-corrected chi connectivity index (χ0v) is 7.15. The molecule has 60 valence electrons. The van der Waals surface area contributed by atoms with Crippen LogP contribution >= 0.6 is 0 Å². The first-order valence-electron chi connectivity index (χ1n) is 3.79. The largest absolute Gasteiger partial charge is 0.365 e. The predicted octanol–water partition coefficient (Wildman–Crippen LogP) is 2.32. The van der Waals surface area contributed by atoms with Gasteiger partial charge in [-0.3, -0.25) is 0 Å². The highest BCUT2D eigenvalue weighted by Gasteiger charge is 1.99. The molecule has 0 aliphatic rings. The van der Waals surface area contributed by atoms with Crippen molar-refractivity contribution < 1.29 is 0 Å². The van der Waals surface area contributed by atoms with E-state index < -0.39 is 0 Å². The third-order valence-corrected chi connectivity index (χ3v) is 1.48. The molecular weight excluding hydrogens is 136 g/mol. The van der Waals surface area contributed by atoms with Crippen LogP contribution in [-0.4, -0.2) is 0 Å². The van der Waals surface area contributed by atoms with Gasteiger partial charge in [-0.1, -0.05) is 20.4 Å². The second-order valence-corrected chi connectivity index (χ2v) is 2.12. The van der Waals surface area contributed by atoms with Crippen LogP contribution in [0.5, 0.6) is 0 Å². The molecule has 0 spiro atoms. The van der Waals surface area contributed by atoms with Crippen LogP contribution in [0, 0.1) is 11.3 Å². The third-order valence-electron chi connectivity index (χ3n) is 1.48. The molecule has 0 aromatic rings. The minimum Gasteiger partial charge on any atom is -0.365 e. The molecule has 0 saturated carbocycles. The zero-order valence-electron chi connectivity index (χ0n) is 7.15. The lowest BCUT2D eigenvalue weighted by Gasteiger charge is -2.05. The van der Waals surface area contributed by atoms with Crippen LogP contribution in [0.2, 0.25) is 0 Å². The Morgan fingerprint density at radius 1 is 1.55 bits per heavy atom. The smallest absolute Gasteiger partial charge is 0.0965 e. The second kappa shape index (κ2) is 5.55. The predicted molar refractivity (Wildman–Crippen MR) is 46.6 cm³/mol.